The molecule has 1 aliphatic heterocycles. The number of piperidine rings is 1. The number of nitrogens with two attached hydrogens (primary N) is 1. The van der Waals surface area contributed by atoms with Crippen LogP contribution < -0.4 is 11.1 Å². The van der Waals surface area contributed by atoms with Gasteiger partial charge in [0, 0.05) is 26.1 Å². The van der Waals surface area contributed by atoms with Gasteiger partial charge in [0.2, 0.25) is 0 Å². The number of amides is 1. The molecule has 0 aromatic carbocycles. The van der Waals surface area contributed by atoms with Gasteiger partial charge in [-0.25, -0.2) is 4.98 Å². The number of hydrogen-bond donors (Lipinski definition) is 2. The van der Waals surface area contributed by atoms with Crippen molar-refractivity contribution in [2.75, 3.05) is 32.7 Å². The molecule has 0 aliphatic carbocycles. The Morgan fingerprint density at radius 2 is 2.21 bits per heavy atom. The molecule has 0 saturated carbocycles. The molecule has 0 spiro atoms. The van der Waals surface area contributed by atoms with Gasteiger partial charge in [0.05, 0.1) is 0 Å². The fourth-order valence-corrected chi connectivity index (χ4v) is 2.25. The zero-order valence-electron chi connectivity index (χ0n) is 11.2. The first kappa shape index (κ1) is 14.0. The van der Waals surface area contributed by atoms with E-state index in [2.05, 4.69) is 15.2 Å². The van der Waals surface area contributed by atoms with Crippen LogP contribution in [0.5, 0.6) is 0 Å². The maximum absolute atomic E-state index is 11.8. The average molecular weight is 266 g/mol. The number of rotatable bonds is 6. The molecule has 1 aromatic rings. The second-order valence-electron chi connectivity index (χ2n) is 4.82. The Kier molecular flexibility index (Phi) is 5.35. The van der Waals surface area contributed by atoms with Crippen LogP contribution in [0.1, 0.15) is 35.6 Å². The predicted molar refractivity (Wildman–Crippen MR) is 71.9 cm³/mol. The van der Waals surface area contributed by atoms with E-state index in [1.54, 1.807) is 0 Å². The van der Waals surface area contributed by atoms with E-state index in [9.17, 15) is 4.79 Å². The van der Waals surface area contributed by atoms with Gasteiger partial charge in [-0.1, -0.05) is 6.42 Å². The molecule has 1 amide bonds. The van der Waals surface area contributed by atoms with Crippen molar-refractivity contribution in [3.8, 4) is 0 Å². The maximum Gasteiger partial charge on any atom is 0.273 e. The van der Waals surface area contributed by atoms with E-state index >= 15 is 0 Å². The number of aromatic nitrogens is 1. The molecule has 0 radical (unpaired) electrons. The number of likely N-dealkylation sites (tertiary alicyclic amines) is 1. The predicted octanol–water partition coefficient (Wildman–Crippen LogP) is 0.391. The van der Waals surface area contributed by atoms with Crippen molar-refractivity contribution in [2.24, 2.45) is 5.73 Å². The Balaban J connectivity index is 1.70. The first-order valence-corrected chi connectivity index (χ1v) is 6.94. The number of hydrogen-bond acceptors (Lipinski definition) is 5. The Morgan fingerprint density at radius 1 is 1.42 bits per heavy atom. The summed E-state index contributed by atoms with van der Waals surface area (Å²) in [6.07, 6.45) is 5.80. The first-order chi connectivity index (χ1) is 9.29. The zero-order valence-corrected chi connectivity index (χ0v) is 11.2. The zero-order chi connectivity index (χ0) is 13.5. The normalized spacial score (nSPS) is 16.5. The van der Waals surface area contributed by atoms with Crippen LogP contribution in [-0.4, -0.2) is 48.5 Å². The van der Waals surface area contributed by atoms with Crippen molar-refractivity contribution in [3.63, 3.8) is 0 Å². The summed E-state index contributed by atoms with van der Waals surface area (Å²) in [7, 11) is 0. The lowest BCUT2D eigenvalue weighted by Crippen LogP contribution is -2.37. The lowest BCUT2D eigenvalue weighted by Gasteiger charge is -2.26. The number of carbonyl (C=O) groups is 1. The topological polar surface area (TPSA) is 84.4 Å². The number of carbonyl (C=O) groups excluding carboxylic acids is 1. The van der Waals surface area contributed by atoms with Crippen LogP contribution >= 0.6 is 0 Å². The molecule has 19 heavy (non-hydrogen) atoms. The highest BCUT2D eigenvalue weighted by atomic mass is 16.3. The second-order valence-corrected chi connectivity index (χ2v) is 4.82. The Labute approximate surface area is 113 Å². The van der Waals surface area contributed by atoms with E-state index in [1.807, 2.05) is 0 Å². The van der Waals surface area contributed by atoms with Crippen LogP contribution in [0.15, 0.2) is 10.7 Å². The molecular formula is C13H22N4O2. The van der Waals surface area contributed by atoms with Crippen LogP contribution in [0.2, 0.25) is 0 Å². The van der Waals surface area contributed by atoms with Crippen LogP contribution in [0, 0.1) is 0 Å². The number of nitrogens with zero attached hydrogens (tertiary/aromatic N) is 2. The summed E-state index contributed by atoms with van der Waals surface area (Å²) in [6, 6.07) is 0. The Bertz CT molecular complexity index is 399. The van der Waals surface area contributed by atoms with Crippen molar-refractivity contribution in [3.05, 3.63) is 17.8 Å². The third-order valence-corrected chi connectivity index (χ3v) is 3.30. The van der Waals surface area contributed by atoms with E-state index in [-0.39, 0.29) is 5.91 Å². The molecule has 3 N–H and O–H groups in total. The fraction of sp³-hybridized carbons (Fsp3) is 0.692. The average Bonchev–Trinajstić information content (AvgIpc) is 2.89. The summed E-state index contributed by atoms with van der Waals surface area (Å²) in [5, 5.41) is 2.87. The second kappa shape index (κ2) is 7.25. The van der Waals surface area contributed by atoms with Gasteiger partial charge >= 0.3 is 0 Å². The lowest BCUT2D eigenvalue weighted by atomic mass is 10.1. The van der Waals surface area contributed by atoms with E-state index in [0.717, 1.165) is 19.6 Å². The standard InChI is InChI=1S/C13H22N4O2/c14-5-4-12-16-11(10-19-12)13(18)15-6-9-17-7-2-1-3-8-17/h10H,1-9,14H2,(H,15,18). The quantitative estimate of drug-likeness (QED) is 0.778. The summed E-state index contributed by atoms with van der Waals surface area (Å²) >= 11 is 0. The molecule has 2 heterocycles. The molecular weight excluding hydrogens is 244 g/mol. The minimum Gasteiger partial charge on any atom is -0.448 e. The van der Waals surface area contributed by atoms with E-state index in [0.29, 0.717) is 31.1 Å². The highest BCUT2D eigenvalue weighted by Gasteiger charge is 2.13. The molecule has 1 aromatic heterocycles. The monoisotopic (exact) mass is 266 g/mol. The Hall–Kier alpha value is -1.40. The van der Waals surface area contributed by atoms with E-state index < -0.39 is 0 Å². The third-order valence-electron chi connectivity index (χ3n) is 3.30. The van der Waals surface area contributed by atoms with Crippen LogP contribution in [-0.2, 0) is 6.42 Å². The highest BCUT2D eigenvalue weighted by molar-refractivity contribution is 5.91. The van der Waals surface area contributed by atoms with Crippen molar-refractivity contribution < 1.29 is 9.21 Å². The minimum absolute atomic E-state index is 0.177. The summed E-state index contributed by atoms with van der Waals surface area (Å²) < 4.78 is 5.16. The van der Waals surface area contributed by atoms with Gasteiger partial charge in [-0.2, -0.15) is 0 Å². The molecule has 106 valence electrons. The fourth-order valence-electron chi connectivity index (χ4n) is 2.25. The number of oxazole rings is 1. The summed E-state index contributed by atoms with van der Waals surface area (Å²) in [5.74, 6) is 0.340. The van der Waals surface area contributed by atoms with Gasteiger partial charge in [0.1, 0.15) is 6.26 Å². The van der Waals surface area contributed by atoms with Gasteiger partial charge in [-0.15, -0.1) is 0 Å². The summed E-state index contributed by atoms with van der Waals surface area (Å²) in [6.45, 7) is 4.30. The van der Waals surface area contributed by atoms with Crippen molar-refractivity contribution in [2.45, 2.75) is 25.7 Å². The summed E-state index contributed by atoms with van der Waals surface area (Å²) in [4.78, 5) is 18.3. The Morgan fingerprint density at radius 3 is 2.95 bits per heavy atom. The van der Waals surface area contributed by atoms with Gasteiger partial charge in [-0.05, 0) is 25.9 Å². The third kappa shape index (κ3) is 4.33. The van der Waals surface area contributed by atoms with Crippen LogP contribution in [0.25, 0.3) is 0 Å². The highest BCUT2D eigenvalue weighted by Crippen LogP contribution is 2.07. The van der Waals surface area contributed by atoms with Crippen LogP contribution in [0.3, 0.4) is 0 Å². The van der Waals surface area contributed by atoms with Gasteiger partial charge < -0.3 is 20.4 Å². The molecule has 0 bridgehead atoms. The molecule has 6 heteroatoms. The molecule has 1 aliphatic rings. The van der Waals surface area contributed by atoms with Gasteiger partial charge in [-0.3, -0.25) is 4.79 Å². The van der Waals surface area contributed by atoms with Gasteiger partial charge in [0.15, 0.2) is 11.6 Å². The lowest BCUT2D eigenvalue weighted by molar-refractivity contribution is 0.0941. The first-order valence-electron chi connectivity index (χ1n) is 6.94. The number of nitrogens with one attached hydrogen (secondary N) is 1. The van der Waals surface area contributed by atoms with E-state index in [1.165, 1.54) is 25.5 Å². The largest absolute Gasteiger partial charge is 0.448 e. The molecule has 0 unspecified atom stereocenters. The summed E-state index contributed by atoms with van der Waals surface area (Å²) in [5.41, 5.74) is 5.74. The molecule has 0 atom stereocenters. The molecule has 6 nitrogen and oxygen atoms in total. The maximum atomic E-state index is 11.8. The smallest absolute Gasteiger partial charge is 0.273 e. The SMILES string of the molecule is NCCc1nc(C(=O)NCCN2CCCCC2)co1. The minimum atomic E-state index is -0.177. The van der Waals surface area contributed by atoms with E-state index in [4.69, 9.17) is 10.2 Å². The van der Waals surface area contributed by atoms with Gasteiger partial charge in [0.25, 0.3) is 5.91 Å². The molecule has 1 saturated heterocycles. The molecule has 2 rings (SSSR count). The van der Waals surface area contributed by atoms with Crippen molar-refractivity contribution in [1.82, 2.24) is 15.2 Å². The van der Waals surface area contributed by atoms with Crippen molar-refractivity contribution >= 4 is 5.91 Å². The van der Waals surface area contributed by atoms with Crippen LogP contribution in [0.4, 0.5) is 0 Å². The molecule has 1 fully saturated rings. The van der Waals surface area contributed by atoms with Crippen molar-refractivity contribution in [1.29, 1.82) is 0 Å².